The third-order valence-electron chi connectivity index (χ3n) is 5.66. The predicted molar refractivity (Wildman–Crippen MR) is 122 cm³/mol. The largest absolute Gasteiger partial charge is 0.380 e. The molecule has 0 saturated carbocycles. The quantitative estimate of drug-likeness (QED) is 0.412. The summed E-state index contributed by atoms with van der Waals surface area (Å²) in [5.41, 5.74) is 4.13. The van der Waals surface area contributed by atoms with Gasteiger partial charge in [0.2, 0.25) is 0 Å². The molecular formula is C24H20FN3O3S. The van der Waals surface area contributed by atoms with E-state index in [0.717, 1.165) is 27.4 Å². The van der Waals surface area contributed by atoms with Gasteiger partial charge < -0.3 is 13.7 Å². The van der Waals surface area contributed by atoms with Crippen LogP contribution in [0.1, 0.15) is 22.6 Å². The summed E-state index contributed by atoms with van der Waals surface area (Å²) in [5.74, 6) is -0.603. The zero-order chi connectivity index (χ0) is 22.5. The summed E-state index contributed by atoms with van der Waals surface area (Å²) in [6.45, 7) is 0. The van der Waals surface area contributed by atoms with Crippen LogP contribution in [0.2, 0.25) is 0 Å². The maximum Gasteiger partial charge on any atom is 0.380 e. The molecule has 0 radical (unpaired) electrons. The Bertz CT molecular complexity index is 1570. The van der Waals surface area contributed by atoms with Gasteiger partial charge in [-0.1, -0.05) is 36.4 Å². The Morgan fingerprint density at radius 3 is 2.53 bits per heavy atom. The van der Waals surface area contributed by atoms with Gasteiger partial charge in [0, 0.05) is 52.7 Å². The van der Waals surface area contributed by atoms with Crippen LogP contribution in [-0.2, 0) is 17.4 Å². The molecule has 0 bridgehead atoms. The van der Waals surface area contributed by atoms with Gasteiger partial charge in [-0.2, -0.15) is 13.6 Å². The zero-order valence-electron chi connectivity index (χ0n) is 17.1. The number of aromatic amines is 1. The van der Waals surface area contributed by atoms with E-state index in [1.165, 1.54) is 12.1 Å². The molecule has 5 rings (SSSR count). The number of aryl methyl sites for hydroxylation is 1. The Labute approximate surface area is 184 Å². The van der Waals surface area contributed by atoms with Gasteiger partial charge >= 0.3 is 10.3 Å². The standard InChI is InChI=1S/C24H20FN3O3S/c1-28-14-20(17-6-2-4-8-22(17)28)24(18-7-3-5-9-23(18)31-32(26,29)30)19-13-27-21-12-15(25)10-11-16(19)21/h2-14,24,27H,1H3,(H2,26,29,30). The van der Waals surface area contributed by atoms with E-state index in [2.05, 4.69) is 4.98 Å². The maximum absolute atomic E-state index is 13.8. The van der Waals surface area contributed by atoms with Crippen LogP contribution in [-0.4, -0.2) is 18.0 Å². The van der Waals surface area contributed by atoms with Gasteiger partial charge in [0.1, 0.15) is 11.6 Å². The molecule has 1 unspecified atom stereocenters. The minimum Gasteiger partial charge on any atom is -0.371 e. The molecule has 3 N–H and O–H groups in total. The molecule has 1 atom stereocenters. The molecule has 2 aromatic heterocycles. The van der Waals surface area contributed by atoms with Crippen molar-refractivity contribution in [2.24, 2.45) is 12.2 Å². The SMILES string of the molecule is Cn1cc(C(c2ccccc2OS(N)(=O)=O)c2c[nH]c3cc(F)ccc23)c2ccccc21. The summed E-state index contributed by atoms with van der Waals surface area (Å²) in [6.07, 6.45) is 3.84. The molecule has 32 heavy (non-hydrogen) atoms. The molecular weight excluding hydrogens is 429 g/mol. The summed E-state index contributed by atoms with van der Waals surface area (Å²) < 4.78 is 44.5. The first kappa shape index (κ1) is 20.3. The number of fused-ring (bicyclic) bond motifs is 2. The van der Waals surface area contributed by atoms with Gasteiger partial charge in [-0.15, -0.1) is 0 Å². The number of hydrogen-bond donors (Lipinski definition) is 2. The predicted octanol–water partition coefficient (Wildman–Crippen LogP) is 4.56. The number of H-pyrrole nitrogens is 1. The molecule has 162 valence electrons. The fraction of sp³-hybridized carbons (Fsp3) is 0.0833. The molecule has 3 aromatic carbocycles. The van der Waals surface area contributed by atoms with Gasteiger partial charge in [0.05, 0.1) is 0 Å². The molecule has 6 nitrogen and oxygen atoms in total. The minimum atomic E-state index is -4.23. The summed E-state index contributed by atoms with van der Waals surface area (Å²) in [5, 5.41) is 7.04. The molecule has 0 aliphatic carbocycles. The smallest absolute Gasteiger partial charge is 0.371 e. The van der Waals surface area contributed by atoms with E-state index in [1.807, 2.05) is 60.4 Å². The topological polar surface area (TPSA) is 90.1 Å². The van der Waals surface area contributed by atoms with E-state index in [-0.39, 0.29) is 11.6 Å². The van der Waals surface area contributed by atoms with E-state index < -0.39 is 16.2 Å². The van der Waals surface area contributed by atoms with Crippen LogP contribution < -0.4 is 9.32 Å². The lowest BCUT2D eigenvalue weighted by atomic mass is 9.84. The number of para-hydroxylation sites is 2. The number of nitrogens with zero attached hydrogens (tertiary/aromatic N) is 1. The molecule has 8 heteroatoms. The van der Waals surface area contributed by atoms with Crippen molar-refractivity contribution in [3.63, 3.8) is 0 Å². The fourth-order valence-corrected chi connectivity index (χ4v) is 4.79. The number of halogens is 1. The molecule has 0 aliphatic heterocycles. The van der Waals surface area contributed by atoms with Crippen molar-refractivity contribution in [3.8, 4) is 5.75 Å². The van der Waals surface area contributed by atoms with Crippen LogP contribution in [0.15, 0.2) is 79.1 Å². The number of nitrogens with one attached hydrogen (secondary N) is 1. The fourth-order valence-electron chi connectivity index (χ4n) is 4.39. The van der Waals surface area contributed by atoms with Crippen molar-refractivity contribution < 1.29 is 17.0 Å². The second-order valence-electron chi connectivity index (χ2n) is 7.69. The van der Waals surface area contributed by atoms with Crippen LogP contribution in [0.5, 0.6) is 5.75 Å². The van der Waals surface area contributed by atoms with Crippen molar-refractivity contribution >= 4 is 32.1 Å². The van der Waals surface area contributed by atoms with Crippen molar-refractivity contribution in [2.45, 2.75) is 5.92 Å². The molecule has 0 amide bonds. The van der Waals surface area contributed by atoms with E-state index in [4.69, 9.17) is 9.32 Å². The van der Waals surface area contributed by atoms with Crippen LogP contribution in [0.25, 0.3) is 21.8 Å². The highest BCUT2D eigenvalue weighted by atomic mass is 32.2. The molecule has 0 fully saturated rings. The Balaban J connectivity index is 1.83. The number of rotatable bonds is 5. The summed E-state index contributed by atoms with van der Waals surface area (Å²) in [7, 11) is -2.27. The normalized spacial score (nSPS) is 13.0. The third-order valence-corrected chi connectivity index (χ3v) is 6.07. The Kier molecular flexibility index (Phi) is 4.76. The molecule has 2 heterocycles. The second-order valence-corrected chi connectivity index (χ2v) is 8.85. The zero-order valence-corrected chi connectivity index (χ0v) is 17.9. The van der Waals surface area contributed by atoms with Gasteiger partial charge in [0.15, 0.2) is 0 Å². The van der Waals surface area contributed by atoms with Crippen LogP contribution in [0, 0.1) is 5.82 Å². The van der Waals surface area contributed by atoms with Crippen LogP contribution in [0.3, 0.4) is 0 Å². The summed E-state index contributed by atoms with van der Waals surface area (Å²) in [6, 6.07) is 19.4. The number of benzene rings is 3. The van der Waals surface area contributed by atoms with E-state index in [0.29, 0.717) is 11.1 Å². The van der Waals surface area contributed by atoms with Gasteiger partial charge in [-0.05, 0) is 41.5 Å². The van der Waals surface area contributed by atoms with E-state index in [1.54, 1.807) is 18.2 Å². The number of nitrogens with two attached hydrogens (primary N) is 1. The Morgan fingerprint density at radius 2 is 1.72 bits per heavy atom. The average Bonchev–Trinajstić information content (AvgIpc) is 3.30. The highest BCUT2D eigenvalue weighted by molar-refractivity contribution is 7.84. The monoisotopic (exact) mass is 449 g/mol. The highest BCUT2D eigenvalue weighted by Gasteiger charge is 2.27. The van der Waals surface area contributed by atoms with E-state index in [9.17, 15) is 12.8 Å². The lowest BCUT2D eigenvalue weighted by molar-refractivity contribution is 0.484. The van der Waals surface area contributed by atoms with Gasteiger partial charge in [0.25, 0.3) is 0 Å². The first-order valence-electron chi connectivity index (χ1n) is 9.93. The maximum atomic E-state index is 13.8. The third kappa shape index (κ3) is 3.53. The molecule has 5 aromatic rings. The van der Waals surface area contributed by atoms with Crippen molar-refractivity contribution in [2.75, 3.05) is 0 Å². The number of hydrogen-bond acceptors (Lipinski definition) is 3. The molecule has 0 aliphatic rings. The summed E-state index contributed by atoms with van der Waals surface area (Å²) in [4.78, 5) is 3.14. The van der Waals surface area contributed by atoms with Crippen LogP contribution >= 0.6 is 0 Å². The van der Waals surface area contributed by atoms with Crippen molar-refractivity contribution in [3.05, 3.63) is 102 Å². The number of aromatic nitrogens is 2. The van der Waals surface area contributed by atoms with E-state index >= 15 is 0 Å². The Hall–Kier alpha value is -3.62. The first-order valence-corrected chi connectivity index (χ1v) is 11.4. The van der Waals surface area contributed by atoms with Gasteiger partial charge in [-0.25, -0.2) is 4.39 Å². The highest BCUT2D eigenvalue weighted by Crippen LogP contribution is 2.43. The Morgan fingerprint density at radius 1 is 0.969 bits per heavy atom. The molecule has 0 spiro atoms. The van der Waals surface area contributed by atoms with Crippen molar-refractivity contribution in [1.29, 1.82) is 0 Å². The van der Waals surface area contributed by atoms with Gasteiger partial charge in [-0.3, -0.25) is 0 Å². The van der Waals surface area contributed by atoms with Crippen LogP contribution in [0.4, 0.5) is 4.39 Å². The average molecular weight is 450 g/mol. The minimum absolute atomic E-state index is 0.143. The lowest BCUT2D eigenvalue weighted by Gasteiger charge is -2.20. The second kappa shape index (κ2) is 7.51. The molecule has 0 saturated heterocycles. The summed E-state index contributed by atoms with van der Waals surface area (Å²) >= 11 is 0. The lowest BCUT2D eigenvalue weighted by Crippen LogP contribution is -2.20. The van der Waals surface area contributed by atoms with Crippen molar-refractivity contribution in [1.82, 2.24) is 9.55 Å². The first-order chi connectivity index (χ1) is 15.3.